The molecule has 2 rings (SSSR count). The summed E-state index contributed by atoms with van der Waals surface area (Å²) in [5.74, 6) is -3.08. The third-order valence-corrected chi connectivity index (χ3v) is 7.23. The average molecular weight is 607 g/mol. The molecular formula is C29H50N8O6. The number of aromatic nitrogens is 2. The van der Waals surface area contributed by atoms with Gasteiger partial charge in [0.25, 0.3) is 0 Å². The van der Waals surface area contributed by atoms with Crippen LogP contribution in [0.3, 0.4) is 0 Å². The zero-order valence-corrected chi connectivity index (χ0v) is 25.8. The Bertz CT molecular complexity index is 1040. The number of carbonyl (C=O) groups excluding carboxylic acids is 4. The van der Waals surface area contributed by atoms with Crippen molar-refractivity contribution in [3.63, 3.8) is 0 Å². The van der Waals surface area contributed by atoms with Crippen molar-refractivity contribution >= 4 is 29.6 Å². The predicted molar refractivity (Wildman–Crippen MR) is 160 cm³/mol. The van der Waals surface area contributed by atoms with E-state index in [4.69, 9.17) is 5.73 Å². The Morgan fingerprint density at radius 1 is 0.907 bits per heavy atom. The SMILES string of the molecule is CC(C)C[C@H](NC(=O)[C@@H]1CCCN1)C(=O)N[C@@H](CC(C)C)C(=O)N[C@@H](Cc1cnc[nH]1)C(=O)N[C@@H](CCCCN)C(=O)O. The van der Waals surface area contributed by atoms with Gasteiger partial charge in [0.1, 0.15) is 24.2 Å². The Balaban J connectivity index is 2.20. The lowest BCUT2D eigenvalue weighted by atomic mass is 9.99. The molecule has 0 unspecified atom stereocenters. The van der Waals surface area contributed by atoms with Crippen molar-refractivity contribution < 1.29 is 29.1 Å². The fraction of sp³-hybridized carbons (Fsp3) is 0.724. The van der Waals surface area contributed by atoms with Crippen molar-refractivity contribution in [3.8, 4) is 0 Å². The average Bonchev–Trinajstić information content (AvgIpc) is 3.65. The highest BCUT2D eigenvalue weighted by atomic mass is 16.4. The molecule has 9 N–H and O–H groups in total. The van der Waals surface area contributed by atoms with Gasteiger partial charge in [-0.2, -0.15) is 0 Å². The Morgan fingerprint density at radius 2 is 1.49 bits per heavy atom. The molecule has 0 radical (unpaired) electrons. The van der Waals surface area contributed by atoms with Crippen LogP contribution in [0.4, 0.5) is 0 Å². The number of imidazole rings is 1. The second kappa shape index (κ2) is 18.2. The van der Waals surface area contributed by atoms with Crippen molar-refractivity contribution in [1.82, 2.24) is 36.6 Å². The molecule has 2 heterocycles. The largest absolute Gasteiger partial charge is 0.480 e. The molecule has 0 aliphatic carbocycles. The van der Waals surface area contributed by atoms with Crippen LogP contribution >= 0.6 is 0 Å². The van der Waals surface area contributed by atoms with Crippen LogP contribution in [0.2, 0.25) is 0 Å². The fourth-order valence-corrected chi connectivity index (χ4v) is 4.98. The number of nitrogens with two attached hydrogens (primary N) is 1. The lowest BCUT2D eigenvalue weighted by Gasteiger charge is -2.27. The molecule has 14 nitrogen and oxygen atoms in total. The zero-order valence-electron chi connectivity index (χ0n) is 25.8. The summed E-state index contributed by atoms with van der Waals surface area (Å²) < 4.78 is 0. The summed E-state index contributed by atoms with van der Waals surface area (Å²) in [6.07, 6.45) is 6.51. The number of nitrogens with zero attached hydrogens (tertiary/aromatic N) is 1. The Labute approximate surface area is 253 Å². The minimum absolute atomic E-state index is 0.00991. The van der Waals surface area contributed by atoms with Crippen LogP contribution in [0.15, 0.2) is 12.5 Å². The molecular weight excluding hydrogens is 556 g/mol. The van der Waals surface area contributed by atoms with Crippen LogP contribution in [0, 0.1) is 11.8 Å². The first-order valence-electron chi connectivity index (χ1n) is 15.3. The number of aliphatic carboxylic acids is 1. The first-order chi connectivity index (χ1) is 20.4. The van der Waals surface area contributed by atoms with Gasteiger partial charge in [-0.25, -0.2) is 9.78 Å². The summed E-state index contributed by atoms with van der Waals surface area (Å²) in [4.78, 5) is 71.8. The fourth-order valence-electron chi connectivity index (χ4n) is 4.98. The molecule has 0 spiro atoms. The highest BCUT2D eigenvalue weighted by Gasteiger charge is 2.33. The normalized spacial score (nSPS) is 17.6. The first kappa shape index (κ1) is 35.7. The van der Waals surface area contributed by atoms with Crippen molar-refractivity contribution in [2.75, 3.05) is 13.1 Å². The third kappa shape index (κ3) is 12.7. The summed E-state index contributed by atoms with van der Waals surface area (Å²) in [5.41, 5.74) is 6.07. The third-order valence-electron chi connectivity index (χ3n) is 7.23. The molecule has 242 valence electrons. The Hall–Kier alpha value is -3.52. The molecule has 1 aliphatic heterocycles. The molecule has 1 saturated heterocycles. The number of carbonyl (C=O) groups is 5. The number of H-pyrrole nitrogens is 1. The number of amides is 4. The maximum Gasteiger partial charge on any atom is 0.326 e. The van der Waals surface area contributed by atoms with Crippen LogP contribution in [-0.4, -0.2) is 88.0 Å². The van der Waals surface area contributed by atoms with Gasteiger partial charge in [0.15, 0.2) is 0 Å². The second-order valence-electron chi connectivity index (χ2n) is 12.1. The molecule has 1 aliphatic rings. The number of nitrogens with one attached hydrogen (secondary N) is 6. The predicted octanol–water partition coefficient (Wildman–Crippen LogP) is -0.0508. The van der Waals surface area contributed by atoms with E-state index in [0.717, 1.165) is 13.0 Å². The standard InChI is InChI=1S/C29H50N8O6/c1-17(2)12-22(35-25(38)20-9-7-11-32-20)26(39)36-23(13-18(3)4)27(40)37-24(14-19-15-31-16-33-19)28(41)34-21(29(42)43)8-5-6-10-30/h15-18,20-24,32H,5-14,30H2,1-4H3,(H,31,33)(H,34,41)(H,35,38)(H,36,39)(H,37,40)(H,42,43)/t20-,21-,22-,23-,24-/m0/s1. The van der Waals surface area contributed by atoms with E-state index in [1.54, 1.807) is 0 Å². The van der Waals surface area contributed by atoms with Gasteiger partial charge in [-0.15, -0.1) is 0 Å². The van der Waals surface area contributed by atoms with Crippen LogP contribution < -0.4 is 32.3 Å². The quantitative estimate of drug-likeness (QED) is 0.0988. The maximum atomic E-state index is 13.6. The molecule has 0 aromatic carbocycles. The van der Waals surface area contributed by atoms with Crippen molar-refractivity contribution in [1.29, 1.82) is 0 Å². The van der Waals surface area contributed by atoms with Gasteiger partial charge in [0, 0.05) is 18.3 Å². The highest BCUT2D eigenvalue weighted by molar-refractivity contribution is 5.95. The van der Waals surface area contributed by atoms with E-state index in [1.165, 1.54) is 12.5 Å². The topological polar surface area (TPSA) is 220 Å². The molecule has 1 aromatic rings. The molecule has 1 aromatic heterocycles. The minimum atomic E-state index is -1.19. The van der Waals surface area contributed by atoms with Gasteiger partial charge in [0.2, 0.25) is 23.6 Å². The number of rotatable bonds is 19. The van der Waals surface area contributed by atoms with Crippen LogP contribution in [0.25, 0.3) is 0 Å². The number of carboxylic acids is 1. The molecule has 43 heavy (non-hydrogen) atoms. The molecule has 5 atom stereocenters. The lowest BCUT2D eigenvalue weighted by molar-refractivity contribution is -0.142. The zero-order chi connectivity index (χ0) is 31.9. The first-order valence-corrected chi connectivity index (χ1v) is 15.3. The number of carboxylic acid groups (broad SMARTS) is 1. The summed E-state index contributed by atoms with van der Waals surface area (Å²) in [6, 6.07) is -4.49. The summed E-state index contributed by atoms with van der Waals surface area (Å²) in [7, 11) is 0. The second-order valence-corrected chi connectivity index (χ2v) is 12.1. The molecule has 1 fully saturated rings. The molecule has 0 bridgehead atoms. The van der Waals surface area contributed by atoms with Gasteiger partial charge in [-0.05, 0) is 69.9 Å². The van der Waals surface area contributed by atoms with E-state index in [-0.39, 0.29) is 43.0 Å². The Kier molecular flexibility index (Phi) is 15.1. The molecule has 4 amide bonds. The number of unbranched alkanes of at least 4 members (excludes halogenated alkanes) is 1. The van der Waals surface area contributed by atoms with Gasteiger partial charge < -0.3 is 42.4 Å². The highest BCUT2D eigenvalue weighted by Crippen LogP contribution is 2.12. The molecule has 14 heteroatoms. The van der Waals surface area contributed by atoms with Gasteiger partial charge >= 0.3 is 5.97 Å². The van der Waals surface area contributed by atoms with Crippen molar-refractivity contribution in [2.45, 2.75) is 109 Å². The summed E-state index contributed by atoms with van der Waals surface area (Å²) in [6.45, 7) is 8.83. The summed E-state index contributed by atoms with van der Waals surface area (Å²) in [5, 5.41) is 23.7. The van der Waals surface area contributed by atoms with E-state index in [0.29, 0.717) is 37.9 Å². The van der Waals surface area contributed by atoms with E-state index in [1.807, 2.05) is 27.7 Å². The smallest absolute Gasteiger partial charge is 0.326 e. The Morgan fingerprint density at radius 3 is 2.00 bits per heavy atom. The van der Waals surface area contributed by atoms with Crippen molar-refractivity contribution in [2.24, 2.45) is 17.6 Å². The minimum Gasteiger partial charge on any atom is -0.480 e. The number of hydrogen-bond acceptors (Lipinski definition) is 8. The molecule has 0 saturated carbocycles. The number of hydrogen-bond donors (Lipinski definition) is 8. The van der Waals surface area contributed by atoms with Gasteiger partial charge in [-0.3, -0.25) is 19.2 Å². The van der Waals surface area contributed by atoms with Crippen molar-refractivity contribution in [3.05, 3.63) is 18.2 Å². The van der Waals surface area contributed by atoms with E-state index in [9.17, 15) is 29.1 Å². The van der Waals surface area contributed by atoms with E-state index in [2.05, 4.69) is 36.6 Å². The summed E-state index contributed by atoms with van der Waals surface area (Å²) >= 11 is 0. The van der Waals surface area contributed by atoms with Crippen LogP contribution in [0.5, 0.6) is 0 Å². The van der Waals surface area contributed by atoms with E-state index >= 15 is 0 Å². The number of aromatic amines is 1. The maximum absolute atomic E-state index is 13.6. The lowest BCUT2D eigenvalue weighted by Crippen LogP contribution is -2.59. The monoisotopic (exact) mass is 606 g/mol. The van der Waals surface area contributed by atoms with Crippen LogP contribution in [-0.2, 0) is 30.4 Å². The van der Waals surface area contributed by atoms with Crippen LogP contribution in [0.1, 0.15) is 78.3 Å². The van der Waals surface area contributed by atoms with Gasteiger partial charge in [-0.1, -0.05) is 27.7 Å². The van der Waals surface area contributed by atoms with Gasteiger partial charge in [0.05, 0.1) is 12.4 Å². The van der Waals surface area contributed by atoms with E-state index < -0.39 is 47.9 Å².